The Morgan fingerprint density at radius 3 is 2.76 bits per heavy atom. The third-order valence-corrected chi connectivity index (χ3v) is 2.12. The fourth-order valence-corrected chi connectivity index (χ4v) is 1.34. The van der Waals surface area contributed by atoms with Crippen molar-refractivity contribution in [2.75, 3.05) is 13.1 Å². The van der Waals surface area contributed by atoms with E-state index in [-0.39, 0.29) is 19.0 Å². The number of rotatable bonds is 5. The van der Waals surface area contributed by atoms with Gasteiger partial charge >= 0.3 is 0 Å². The molecule has 0 aromatic heterocycles. The number of hydrogen-bond acceptors (Lipinski definition) is 2. The van der Waals surface area contributed by atoms with E-state index in [1.165, 1.54) is 4.90 Å². The van der Waals surface area contributed by atoms with E-state index < -0.39 is 0 Å². The molecule has 0 unspecified atom stereocenters. The van der Waals surface area contributed by atoms with Gasteiger partial charge in [0, 0.05) is 11.5 Å². The van der Waals surface area contributed by atoms with Crippen molar-refractivity contribution in [1.29, 1.82) is 0 Å². The minimum absolute atomic E-state index is 0.203. The van der Waals surface area contributed by atoms with Gasteiger partial charge in [-0.25, -0.2) is 0 Å². The lowest BCUT2D eigenvalue weighted by molar-refractivity contribution is -0.129. The number of benzene rings is 1. The van der Waals surface area contributed by atoms with Crippen LogP contribution in [0.2, 0.25) is 0 Å². The molecule has 1 rings (SSSR count). The second kappa shape index (κ2) is 6.94. The molecule has 86 valence electrons. The quantitative estimate of drug-likeness (QED) is 0.328. The molecule has 17 heavy (non-hydrogen) atoms. The van der Waals surface area contributed by atoms with E-state index in [0.717, 1.165) is 5.56 Å². The van der Waals surface area contributed by atoms with Crippen LogP contribution in [0.1, 0.15) is 5.56 Å². The first-order valence-electron chi connectivity index (χ1n) is 5.04. The van der Waals surface area contributed by atoms with Gasteiger partial charge in [0.25, 0.3) is 0 Å². The van der Waals surface area contributed by atoms with E-state index >= 15 is 0 Å². The van der Waals surface area contributed by atoms with Gasteiger partial charge in [-0.1, -0.05) is 41.4 Å². The van der Waals surface area contributed by atoms with Crippen LogP contribution in [0.3, 0.4) is 0 Å². The Kier molecular flexibility index (Phi) is 5.15. The standard InChI is InChI=1S/C12H12N4O/c1-2-8-16(12(17)9-14-15-13)10-11-6-4-3-5-7-11/h1,3-7H,8-10H2. The number of carbonyl (C=O) groups excluding carboxylic acids is 1. The topological polar surface area (TPSA) is 69.1 Å². The summed E-state index contributed by atoms with van der Waals surface area (Å²) in [6, 6.07) is 9.49. The van der Waals surface area contributed by atoms with Crippen molar-refractivity contribution in [1.82, 2.24) is 4.90 Å². The Morgan fingerprint density at radius 2 is 2.18 bits per heavy atom. The molecule has 0 aliphatic heterocycles. The zero-order valence-electron chi connectivity index (χ0n) is 9.28. The fourth-order valence-electron chi connectivity index (χ4n) is 1.34. The highest BCUT2D eigenvalue weighted by molar-refractivity contribution is 5.78. The average molecular weight is 228 g/mol. The maximum absolute atomic E-state index is 11.7. The summed E-state index contributed by atoms with van der Waals surface area (Å²) < 4.78 is 0. The molecular weight excluding hydrogens is 216 g/mol. The summed E-state index contributed by atoms with van der Waals surface area (Å²) in [4.78, 5) is 15.7. The van der Waals surface area contributed by atoms with Crippen molar-refractivity contribution >= 4 is 5.91 Å². The van der Waals surface area contributed by atoms with Gasteiger partial charge in [0.2, 0.25) is 5.91 Å². The van der Waals surface area contributed by atoms with Gasteiger partial charge in [-0.05, 0) is 11.1 Å². The van der Waals surface area contributed by atoms with Crippen LogP contribution in [0, 0.1) is 12.3 Å². The summed E-state index contributed by atoms with van der Waals surface area (Å²) in [6.45, 7) is 0.421. The third kappa shape index (κ3) is 4.29. The normalized spacial score (nSPS) is 8.88. The molecule has 1 aromatic rings. The molecule has 0 aliphatic carbocycles. The summed E-state index contributed by atoms with van der Waals surface area (Å²) in [5, 5.41) is 3.24. The predicted octanol–water partition coefficient (Wildman–Crippen LogP) is 1.96. The van der Waals surface area contributed by atoms with E-state index in [0.29, 0.717) is 6.54 Å². The van der Waals surface area contributed by atoms with Crippen LogP contribution in [-0.4, -0.2) is 23.9 Å². The molecule has 0 N–H and O–H groups in total. The smallest absolute Gasteiger partial charge is 0.229 e. The Morgan fingerprint density at radius 1 is 1.47 bits per heavy atom. The van der Waals surface area contributed by atoms with Crippen molar-refractivity contribution in [3.8, 4) is 12.3 Å². The fraction of sp³-hybridized carbons (Fsp3) is 0.250. The highest BCUT2D eigenvalue weighted by Crippen LogP contribution is 2.04. The van der Waals surface area contributed by atoms with E-state index in [1.807, 2.05) is 30.3 Å². The Bertz CT molecular complexity index is 457. The van der Waals surface area contributed by atoms with Crippen LogP contribution in [0.25, 0.3) is 10.4 Å². The summed E-state index contributed by atoms with van der Waals surface area (Å²) in [5.74, 6) is 2.14. The van der Waals surface area contributed by atoms with Crippen LogP contribution < -0.4 is 0 Å². The van der Waals surface area contributed by atoms with Crippen LogP contribution in [0.4, 0.5) is 0 Å². The van der Waals surface area contributed by atoms with E-state index in [9.17, 15) is 4.79 Å². The third-order valence-electron chi connectivity index (χ3n) is 2.12. The maximum Gasteiger partial charge on any atom is 0.229 e. The lowest BCUT2D eigenvalue weighted by Gasteiger charge is -2.19. The first-order valence-corrected chi connectivity index (χ1v) is 5.04. The Balaban J connectivity index is 2.70. The highest BCUT2D eigenvalue weighted by atomic mass is 16.2. The number of azide groups is 1. The molecule has 0 spiro atoms. The van der Waals surface area contributed by atoms with Gasteiger partial charge in [0.1, 0.15) is 6.54 Å². The lowest BCUT2D eigenvalue weighted by atomic mass is 10.2. The molecule has 0 fully saturated rings. The predicted molar refractivity (Wildman–Crippen MR) is 64.7 cm³/mol. The second-order valence-electron chi connectivity index (χ2n) is 3.33. The molecule has 0 radical (unpaired) electrons. The van der Waals surface area contributed by atoms with Crippen molar-refractivity contribution < 1.29 is 4.79 Å². The van der Waals surface area contributed by atoms with Gasteiger partial charge < -0.3 is 4.90 Å². The van der Waals surface area contributed by atoms with Gasteiger partial charge in [0.05, 0.1) is 6.54 Å². The summed E-state index contributed by atoms with van der Waals surface area (Å²) in [5.41, 5.74) is 9.15. The van der Waals surface area contributed by atoms with Gasteiger partial charge in [-0.2, -0.15) is 0 Å². The first kappa shape index (κ1) is 12.6. The molecule has 0 saturated heterocycles. The molecule has 0 aliphatic rings. The maximum atomic E-state index is 11.7. The van der Waals surface area contributed by atoms with Crippen molar-refractivity contribution in [2.24, 2.45) is 5.11 Å². The van der Waals surface area contributed by atoms with Gasteiger partial charge in [-0.3, -0.25) is 4.79 Å². The molecule has 1 aromatic carbocycles. The molecule has 1 amide bonds. The van der Waals surface area contributed by atoms with E-state index in [1.54, 1.807) is 0 Å². The average Bonchev–Trinajstić information content (AvgIpc) is 2.36. The molecule has 5 nitrogen and oxygen atoms in total. The number of carbonyl (C=O) groups is 1. The van der Waals surface area contributed by atoms with Gasteiger partial charge in [0.15, 0.2) is 0 Å². The van der Waals surface area contributed by atoms with Crippen LogP contribution in [-0.2, 0) is 11.3 Å². The number of amides is 1. The summed E-state index contributed by atoms with van der Waals surface area (Å²) >= 11 is 0. The number of nitrogens with zero attached hydrogens (tertiary/aromatic N) is 4. The Hall–Kier alpha value is -2.44. The van der Waals surface area contributed by atoms with Crippen molar-refractivity contribution in [2.45, 2.75) is 6.54 Å². The molecule has 0 heterocycles. The minimum atomic E-state index is -0.274. The SMILES string of the molecule is C#CCN(Cc1ccccc1)C(=O)CN=[N+]=[N-]. The van der Waals surface area contributed by atoms with Gasteiger partial charge in [-0.15, -0.1) is 6.42 Å². The summed E-state index contributed by atoms with van der Waals surface area (Å²) in [6.07, 6.45) is 5.20. The molecule has 0 bridgehead atoms. The van der Waals surface area contributed by atoms with E-state index in [4.69, 9.17) is 12.0 Å². The number of terminal acetylenes is 1. The molecule has 0 atom stereocenters. The lowest BCUT2D eigenvalue weighted by Crippen LogP contribution is -2.32. The van der Waals surface area contributed by atoms with Crippen molar-refractivity contribution in [3.05, 3.63) is 46.3 Å². The van der Waals surface area contributed by atoms with E-state index in [2.05, 4.69) is 15.9 Å². The first-order chi connectivity index (χ1) is 8.27. The Labute approximate surface area is 99.7 Å². The zero-order chi connectivity index (χ0) is 12.5. The molecule has 5 heteroatoms. The summed E-state index contributed by atoms with van der Waals surface area (Å²) in [7, 11) is 0. The van der Waals surface area contributed by atoms with Crippen molar-refractivity contribution in [3.63, 3.8) is 0 Å². The minimum Gasteiger partial charge on any atom is -0.327 e. The molecular formula is C12H12N4O. The largest absolute Gasteiger partial charge is 0.327 e. The zero-order valence-corrected chi connectivity index (χ0v) is 9.28. The van der Waals surface area contributed by atoms with Crippen LogP contribution >= 0.6 is 0 Å². The van der Waals surface area contributed by atoms with Crippen LogP contribution in [0.5, 0.6) is 0 Å². The second-order valence-corrected chi connectivity index (χ2v) is 3.33. The highest BCUT2D eigenvalue weighted by Gasteiger charge is 2.11. The molecule has 0 saturated carbocycles. The monoisotopic (exact) mass is 228 g/mol. The van der Waals surface area contributed by atoms with Crippen LogP contribution in [0.15, 0.2) is 35.4 Å². The number of hydrogen-bond donors (Lipinski definition) is 0.